The van der Waals surface area contributed by atoms with Crippen molar-refractivity contribution in [3.63, 3.8) is 0 Å². The SMILES string of the molecule is CC(Sc1nc2scc(C3CC3)c2c(=O)n1-c1ccccc1)C(=O)Nc1ccccc1F. The van der Waals surface area contributed by atoms with Gasteiger partial charge in [-0.2, -0.15) is 0 Å². The minimum atomic E-state index is -0.600. The Balaban J connectivity index is 1.53. The molecule has 1 aliphatic rings. The van der Waals surface area contributed by atoms with Gasteiger partial charge < -0.3 is 5.32 Å². The molecule has 0 aliphatic heterocycles. The van der Waals surface area contributed by atoms with Crippen molar-refractivity contribution in [2.75, 3.05) is 5.32 Å². The summed E-state index contributed by atoms with van der Waals surface area (Å²) < 4.78 is 15.5. The van der Waals surface area contributed by atoms with Gasteiger partial charge in [0.1, 0.15) is 10.6 Å². The number of nitrogens with zero attached hydrogens (tertiary/aromatic N) is 2. The first-order valence-electron chi connectivity index (χ1n) is 10.3. The summed E-state index contributed by atoms with van der Waals surface area (Å²) in [4.78, 5) is 31.8. The predicted molar refractivity (Wildman–Crippen MR) is 128 cm³/mol. The number of halogens is 1. The molecule has 32 heavy (non-hydrogen) atoms. The summed E-state index contributed by atoms with van der Waals surface area (Å²) >= 11 is 2.65. The number of thiophene rings is 1. The van der Waals surface area contributed by atoms with E-state index < -0.39 is 11.1 Å². The molecule has 0 bridgehead atoms. The van der Waals surface area contributed by atoms with Crippen LogP contribution in [-0.4, -0.2) is 20.7 Å². The van der Waals surface area contributed by atoms with Gasteiger partial charge in [-0.05, 0) is 60.9 Å². The molecule has 0 saturated heterocycles. The van der Waals surface area contributed by atoms with Crippen LogP contribution in [0.3, 0.4) is 0 Å². The lowest BCUT2D eigenvalue weighted by atomic mass is 10.1. The van der Waals surface area contributed by atoms with Crippen molar-refractivity contribution in [1.29, 1.82) is 0 Å². The fourth-order valence-electron chi connectivity index (χ4n) is 3.58. The number of carbonyl (C=O) groups excluding carboxylic acids is 1. The molecule has 2 heterocycles. The molecule has 4 aromatic rings. The number of anilines is 1. The summed E-state index contributed by atoms with van der Waals surface area (Å²) in [5.74, 6) is -0.421. The Morgan fingerprint density at radius 1 is 1.19 bits per heavy atom. The van der Waals surface area contributed by atoms with Crippen molar-refractivity contribution >= 4 is 44.9 Å². The van der Waals surface area contributed by atoms with E-state index in [1.807, 2.05) is 35.7 Å². The molecule has 5 nitrogen and oxygen atoms in total. The van der Waals surface area contributed by atoms with E-state index >= 15 is 0 Å². The standard InChI is InChI=1S/C24H20FN3O2S2/c1-14(21(29)26-19-10-6-5-9-18(19)25)32-24-27-22-20(17(13-31-22)15-11-12-15)23(30)28(24)16-7-3-2-4-8-16/h2-10,13-15H,11-12H2,1H3,(H,26,29). The number of benzene rings is 2. The molecule has 162 valence electrons. The molecule has 1 aliphatic carbocycles. The Hall–Kier alpha value is -2.97. The molecular weight excluding hydrogens is 445 g/mol. The second kappa shape index (κ2) is 8.52. The largest absolute Gasteiger partial charge is 0.323 e. The summed E-state index contributed by atoms with van der Waals surface area (Å²) in [7, 11) is 0. The number of amides is 1. The maximum Gasteiger partial charge on any atom is 0.267 e. The van der Waals surface area contributed by atoms with Crippen LogP contribution >= 0.6 is 23.1 Å². The van der Waals surface area contributed by atoms with Crippen LogP contribution in [0.1, 0.15) is 31.2 Å². The number of para-hydroxylation sites is 2. The molecule has 2 aromatic heterocycles. The van der Waals surface area contributed by atoms with Gasteiger partial charge in [-0.15, -0.1) is 11.3 Å². The van der Waals surface area contributed by atoms with Crippen LogP contribution in [0.25, 0.3) is 15.9 Å². The van der Waals surface area contributed by atoms with Gasteiger partial charge >= 0.3 is 0 Å². The molecule has 8 heteroatoms. The number of rotatable bonds is 6. The summed E-state index contributed by atoms with van der Waals surface area (Å²) in [5, 5.41) is 5.17. The molecule has 1 amide bonds. The summed E-state index contributed by atoms with van der Waals surface area (Å²) in [6.07, 6.45) is 2.20. The number of aromatic nitrogens is 2. The van der Waals surface area contributed by atoms with E-state index in [9.17, 15) is 14.0 Å². The van der Waals surface area contributed by atoms with Crippen LogP contribution in [0.4, 0.5) is 10.1 Å². The number of fused-ring (bicyclic) bond motifs is 1. The molecule has 0 spiro atoms. The quantitative estimate of drug-likeness (QED) is 0.298. The second-order valence-electron chi connectivity index (χ2n) is 7.75. The number of hydrogen-bond acceptors (Lipinski definition) is 5. The lowest BCUT2D eigenvalue weighted by Crippen LogP contribution is -2.26. The smallest absolute Gasteiger partial charge is 0.267 e. The van der Waals surface area contributed by atoms with Crippen molar-refractivity contribution < 1.29 is 9.18 Å². The van der Waals surface area contributed by atoms with Crippen LogP contribution in [0.5, 0.6) is 0 Å². The maximum absolute atomic E-state index is 13.9. The monoisotopic (exact) mass is 465 g/mol. The van der Waals surface area contributed by atoms with E-state index in [0.717, 1.165) is 18.4 Å². The van der Waals surface area contributed by atoms with Gasteiger partial charge in [-0.25, -0.2) is 9.37 Å². The minimum Gasteiger partial charge on any atom is -0.323 e. The molecule has 1 fully saturated rings. The average molecular weight is 466 g/mol. The summed E-state index contributed by atoms with van der Waals surface area (Å²) in [6, 6.07) is 15.4. The van der Waals surface area contributed by atoms with Gasteiger partial charge in [0.25, 0.3) is 5.56 Å². The molecule has 1 saturated carbocycles. The minimum absolute atomic E-state index is 0.117. The average Bonchev–Trinajstić information content (AvgIpc) is 3.55. The first-order valence-corrected chi connectivity index (χ1v) is 12.1. The third-order valence-corrected chi connectivity index (χ3v) is 7.36. The molecule has 1 atom stereocenters. The van der Waals surface area contributed by atoms with Crippen molar-refractivity contribution in [2.45, 2.75) is 36.1 Å². The number of nitrogens with one attached hydrogen (secondary N) is 1. The van der Waals surface area contributed by atoms with Gasteiger partial charge in [-0.1, -0.05) is 42.1 Å². The fourth-order valence-corrected chi connectivity index (χ4v) is 5.57. The molecular formula is C24H20FN3O2S2. The highest BCUT2D eigenvalue weighted by Crippen LogP contribution is 2.44. The van der Waals surface area contributed by atoms with Crippen LogP contribution in [0, 0.1) is 5.82 Å². The zero-order chi connectivity index (χ0) is 22.2. The first kappa shape index (κ1) is 20.9. The first-order chi connectivity index (χ1) is 15.5. The van der Waals surface area contributed by atoms with Crippen molar-refractivity contribution in [3.05, 3.63) is 81.7 Å². The molecule has 2 aromatic carbocycles. The van der Waals surface area contributed by atoms with Crippen molar-refractivity contribution in [3.8, 4) is 5.69 Å². The van der Waals surface area contributed by atoms with Gasteiger partial charge in [0.15, 0.2) is 5.16 Å². The summed E-state index contributed by atoms with van der Waals surface area (Å²) in [6.45, 7) is 1.72. The van der Waals surface area contributed by atoms with Crippen LogP contribution in [0.2, 0.25) is 0 Å². The number of thioether (sulfide) groups is 1. The third kappa shape index (κ3) is 3.96. The van der Waals surface area contributed by atoms with Crippen LogP contribution < -0.4 is 10.9 Å². The Bertz CT molecular complexity index is 1360. The van der Waals surface area contributed by atoms with E-state index in [-0.39, 0.29) is 17.2 Å². The highest BCUT2D eigenvalue weighted by Gasteiger charge is 2.29. The van der Waals surface area contributed by atoms with E-state index in [1.165, 1.54) is 35.2 Å². The van der Waals surface area contributed by atoms with Gasteiger partial charge in [0.2, 0.25) is 5.91 Å². The van der Waals surface area contributed by atoms with Crippen LogP contribution in [-0.2, 0) is 4.79 Å². The van der Waals surface area contributed by atoms with E-state index in [0.29, 0.717) is 27.0 Å². The topological polar surface area (TPSA) is 64.0 Å². The molecule has 1 N–H and O–H groups in total. The molecule has 0 radical (unpaired) electrons. The zero-order valence-electron chi connectivity index (χ0n) is 17.2. The fraction of sp³-hybridized carbons (Fsp3) is 0.208. The van der Waals surface area contributed by atoms with Gasteiger partial charge in [0.05, 0.1) is 22.0 Å². The molecule has 5 rings (SSSR count). The molecule has 1 unspecified atom stereocenters. The number of carbonyl (C=O) groups is 1. The van der Waals surface area contributed by atoms with Gasteiger partial charge in [-0.3, -0.25) is 14.2 Å². The van der Waals surface area contributed by atoms with E-state index in [2.05, 4.69) is 5.32 Å². The summed E-state index contributed by atoms with van der Waals surface area (Å²) in [5.41, 5.74) is 1.79. The Labute approximate surface area is 192 Å². The maximum atomic E-state index is 13.9. The van der Waals surface area contributed by atoms with Crippen molar-refractivity contribution in [1.82, 2.24) is 9.55 Å². The highest BCUT2D eigenvalue weighted by molar-refractivity contribution is 8.00. The Morgan fingerprint density at radius 3 is 2.62 bits per heavy atom. The lowest BCUT2D eigenvalue weighted by molar-refractivity contribution is -0.115. The lowest BCUT2D eigenvalue weighted by Gasteiger charge is -2.16. The van der Waals surface area contributed by atoms with E-state index in [4.69, 9.17) is 4.98 Å². The predicted octanol–water partition coefficient (Wildman–Crippen LogP) is 5.58. The van der Waals surface area contributed by atoms with Crippen molar-refractivity contribution in [2.24, 2.45) is 0 Å². The van der Waals surface area contributed by atoms with E-state index in [1.54, 1.807) is 23.6 Å². The Kier molecular flexibility index (Phi) is 5.57. The zero-order valence-corrected chi connectivity index (χ0v) is 18.9. The van der Waals surface area contributed by atoms with Crippen LogP contribution in [0.15, 0.2) is 69.9 Å². The number of hydrogen-bond donors (Lipinski definition) is 1. The highest BCUT2D eigenvalue weighted by atomic mass is 32.2. The second-order valence-corrected chi connectivity index (χ2v) is 9.91. The normalized spacial score (nSPS) is 14.4. The Morgan fingerprint density at radius 2 is 1.91 bits per heavy atom. The third-order valence-electron chi connectivity index (χ3n) is 5.42. The van der Waals surface area contributed by atoms with Gasteiger partial charge in [0, 0.05) is 0 Å².